The van der Waals surface area contributed by atoms with Gasteiger partial charge in [0.25, 0.3) is 0 Å². The standard InChI is InChI=1S/C19H32N3O13P/c1-7-8(24)4-10(34-16(7)13(26)9(25)5-23)18(29)36(31,32)33-6-11-14(27)15(28)17(35-11)22-3-2-12(20)21-19(22)30/h2-3,7-11,13-18,23-29H,4-6H2,1H3,(H,31,32)(H2,20,21,30)/p-1/t7-,8?,9-,10-,11-,13-,14+,15?,16?,17-,18?/m1/s1. The molecule has 1 aromatic rings. The summed E-state index contributed by atoms with van der Waals surface area (Å²) in [6.07, 6.45) is -12.8. The summed E-state index contributed by atoms with van der Waals surface area (Å²) in [7, 11) is -5.19. The van der Waals surface area contributed by atoms with Gasteiger partial charge in [0.2, 0.25) is 0 Å². The second-order valence-electron chi connectivity index (χ2n) is 8.88. The van der Waals surface area contributed by atoms with Crippen LogP contribution in [0.15, 0.2) is 17.1 Å². The molecule has 3 heterocycles. The maximum atomic E-state index is 12.6. The number of rotatable bonds is 9. The molecule has 0 aromatic carbocycles. The summed E-state index contributed by atoms with van der Waals surface area (Å²) in [5, 5.41) is 70.2. The molecule has 0 spiro atoms. The van der Waals surface area contributed by atoms with E-state index in [1.54, 1.807) is 0 Å². The molecule has 0 bridgehead atoms. The third-order valence-electron chi connectivity index (χ3n) is 6.39. The fourth-order valence-corrected chi connectivity index (χ4v) is 5.24. The fraction of sp³-hybridized carbons (Fsp3) is 0.789. The number of aliphatic hydroxyl groups excluding tert-OH is 7. The fourth-order valence-electron chi connectivity index (χ4n) is 4.14. The highest BCUT2D eigenvalue weighted by Crippen LogP contribution is 2.47. The molecular formula is C19H31N3O13P-. The Kier molecular flexibility index (Phi) is 9.25. The first-order chi connectivity index (χ1) is 16.8. The van der Waals surface area contributed by atoms with Gasteiger partial charge in [-0.05, 0) is 6.07 Å². The smallest absolute Gasteiger partial charge is 0.351 e. The Balaban J connectivity index is 1.66. The quantitative estimate of drug-likeness (QED) is 0.137. The van der Waals surface area contributed by atoms with Gasteiger partial charge in [-0.25, -0.2) is 4.79 Å². The van der Waals surface area contributed by atoms with Crippen LogP contribution in [0.5, 0.6) is 0 Å². The lowest BCUT2D eigenvalue weighted by Gasteiger charge is -2.44. The minimum absolute atomic E-state index is 0.0875. The average molecular weight is 540 g/mol. The van der Waals surface area contributed by atoms with Crippen LogP contribution < -0.4 is 16.3 Å². The average Bonchev–Trinajstić information content (AvgIpc) is 3.11. The molecule has 5 unspecified atom stereocenters. The normalized spacial score (nSPS) is 37.2. The van der Waals surface area contributed by atoms with E-state index >= 15 is 0 Å². The molecule has 12 atom stereocenters. The monoisotopic (exact) mass is 540 g/mol. The Bertz CT molecular complexity index is 998. The molecule has 2 fully saturated rings. The Morgan fingerprint density at radius 1 is 1.28 bits per heavy atom. The number of hydrogen-bond donors (Lipinski definition) is 8. The maximum absolute atomic E-state index is 12.6. The van der Waals surface area contributed by atoms with Crippen molar-refractivity contribution in [2.45, 2.75) is 74.2 Å². The number of nitrogens with zero attached hydrogens (tertiary/aromatic N) is 2. The van der Waals surface area contributed by atoms with Gasteiger partial charge in [-0.2, -0.15) is 4.98 Å². The Morgan fingerprint density at radius 2 is 1.94 bits per heavy atom. The van der Waals surface area contributed by atoms with Gasteiger partial charge in [-0.1, -0.05) is 6.92 Å². The van der Waals surface area contributed by atoms with Gasteiger partial charge >= 0.3 is 5.69 Å². The van der Waals surface area contributed by atoms with Crippen molar-refractivity contribution in [1.29, 1.82) is 0 Å². The Labute approximate surface area is 204 Å². The third-order valence-corrected chi connectivity index (χ3v) is 7.88. The van der Waals surface area contributed by atoms with E-state index in [0.29, 0.717) is 0 Å². The zero-order chi connectivity index (χ0) is 26.9. The number of ether oxygens (including phenoxy) is 2. The largest absolute Gasteiger partial charge is 0.777 e. The number of aliphatic hydroxyl groups is 7. The second-order valence-corrected chi connectivity index (χ2v) is 10.7. The maximum Gasteiger partial charge on any atom is 0.351 e. The predicted octanol–water partition coefficient (Wildman–Crippen LogP) is -4.80. The molecule has 9 N–H and O–H groups in total. The molecule has 206 valence electrons. The van der Waals surface area contributed by atoms with Gasteiger partial charge in [0.05, 0.1) is 31.5 Å². The number of nitrogen functional groups attached to an aromatic ring is 1. The lowest BCUT2D eigenvalue weighted by molar-refractivity contribution is -0.233. The van der Waals surface area contributed by atoms with Crippen molar-refractivity contribution in [3.05, 3.63) is 22.7 Å². The lowest BCUT2D eigenvalue weighted by Crippen LogP contribution is -2.55. The van der Waals surface area contributed by atoms with Gasteiger partial charge in [0.1, 0.15) is 42.2 Å². The van der Waals surface area contributed by atoms with E-state index in [4.69, 9.17) is 24.8 Å². The van der Waals surface area contributed by atoms with Gasteiger partial charge in [0, 0.05) is 18.5 Å². The predicted molar refractivity (Wildman–Crippen MR) is 116 cm³/mol. The van der Waals surface area contributed by atoms with Gasteiger partial charge in [-0.15, -0.1) is 0 Å². The molecule has 3 rings (SSSR count). The first-order valence-corrected chi connectivity index (χ1v) is 12.7. The van der Waals surface area contributed by atoms with Crippen molar-refractivity contribution in [3.8, 4) is 0 Å². The summed E-state index contributed by atoms with van der Waals surface area (Å²) in [4.78, 5) is 28.1. The van der Waals surface area contributed by atoms with E-state index in [-0.39, 0.29) is 12.2 Å². The summed E-state index contributed by atoms with van der Waals surface area (Å²) in [5.41, 5.74) is 4.53. The van der Waals surface area contributed by atoms with Crippen LogP contribution in [0.1, 0.15) is 19.6 Å². The number of hydrogen-bond acceptors (Lipinski definition) is 15. The lowest BCUT2D eigenvalue weighted by atomic mass is 9.86. The molecule has 36 heavy (non-hydrogen) atoms. The Hall–Kier alpha value is -1.53. The van der Waals surface area contributed by atoms with Crippen molar-refractivity contribution >= 4 is 13.4 Å². The Morgan fingerprint density at radius 3 is 2.56 bits per heavy atom. The third kappa shape index (κ3) is 5.96. The van der Waals surface area contributed by atoms with Crippen LogP contribution in [0, 0.1) is 5.92 Å². The molecular weight excluding hydrogens is 509 g/mol. The highest BCUT2D eigenvalue weighted by Gasteiger charge is 2.47. The first-order valence-electron chi connectivity index (χ1n) is 11.1. The summed E-state index contributed by atoms with van der Waals surface area (Å²) < 4.78 is 29.2. The van der Waals surface area contributed by atoms with Crippen molar-refractivity contribution in [3.63, 3.8) is 0 Å². The van der Waals surface area contributed by atoms with E-state index in [2.05, 4.69) is 4.98 Å². The minimum atomic E-state index is -5.19. The van der Waals surface area contributed by atoms with E-state index in [1.807, 2.05) is 0 Å². The molecule has 0 aliphatic carbocycles. The number of anilines is 1. The number of aromatic nitrogens is 2. The molecule has 0 amide bonds. The van der Waals surface area contributed by atoms with Crippen LogP contribution in [-0.4, -0.2) is 113 Å². The molecule has 0 radical (unpaired) electrons. The zero-order valence-corrected chi connectivity index (χ0v) is 20.0. The molecule has 2 aliphatic heterocycles. The van der Waals surface area contributed by atoms with E-state index in [1.165, 1.54) is 19.2 Å². The molecule has 2 aliphatic rings. The van der Waals surface area contributed by atoms with Crippen LogP contribution in [0.4, 0.5) is 5.82 Å². The van der Waals surface area contributed by atoms with Crippen LogP contribution in [0.25, 0.3) is 0 Å². The summed E-state index contributed by atoms with van der Waals surface area (Å²) in [6, 6.07) is 1.25. The molecule has 0 saturated carbocycles. The van der Waals surface area contributed by atoms with E-state index in [9.17, 15) is 44.9 Å². The summed E-state index contributed by atoms with van der Waals surface area (Å²) >= 11 is 0. The van der Waals surface area contributed by atoms with Crippen molar-refractivity contribution in [1.82, 2.24) is 9.55 Å². The first kappa shape index (κ1) is 29.0. The SMILES string of the molecule is C[C@@H]1C(O)C[C@H](C(O)P(=O)([O-])OC[C@H]2O[C@@H](n3ccc(N)nc3=O)C(O)[C@H]2O)OC1[C@H](O)[C@H](O)CO. The summed E-state index contributed by atoms with van der Waals surface area (Å²) in [5.74, 6) is -3.19. The minimum Gasteiger partial charge on any atom is -0.777 e. The topological polar surface area (TPSA) is 270 Å². The highest BCUT2D eigenvalue weighted by atomic mass is 31.2. The molecule has 16 nitrogen and oxygen atoms in total. The van der Waals surface area contributed by atoms with Crippen LogP contribution in [-0.2, 0) is 18.6 Å². The van der Waals surface area contributed by atoms with E-state index < -0.39 is 93.3 Å². The van der Waals surface area contributed by atoms with Gasteiger partial charge in [0.15, 0.2) is 13.8 Å². The molecule has 1 aromatic heterocycles. The van der Waals surface area contributed by atoms with Crippen LogP contribution in [0.2, 0.25) is 0 Å². The van der Waals surface area contributed by atoms with Gasteiger partial charge in [-0.3, -0.25) is 4.57 Å². The van der Waals surface area contributed by atoms with Crippen molar-refractivity contribution in [2.24, 2.45) is 5.92 Å². The van der Waals surface area contributed by atoms with Crippen molar-refractivity contribution < 1.29 is 59.2 Å². The van der Waals surface area contributed by atoms with Crippen LogP contribution in [0.3, 0.4) is 0 Å². The van der Waals surface area contributed by atoms with Crippen LogP contribution >= 0.6 is 7.60 Å². The van der Waals surface area contributed by atoms with Crippen molar-refractivity contribution in [2.75, 3.05) is 18.9 Å². The highest BCUT2D eigenvalue weighted by molar-refractivity contribution is 7.51. The summed E-state index contributed by atoms with van der Waals surface area (Å²) in [6.45, 7) is -0.207. The molecule has 2 saturated heterocycles. The van der Waals surface area contributed by atoms with Gasteiger partial charge < -0.3 is 64.9 Å². The zero-order valence-electron chi connectivity index (χ0n) is 19.1. The number of nitrogens with two attached hydrogens (primary N) is 1. The molecule has 17 heteroatoms. The second kappa shape index (κ2) is 11.5. The van der Waals surface area contributed by atoms with E-state index in [0.717, 1.165) is 4.57 Å².